The van der Waals surface area contributed by atoms with E-state index in [1.807, 2.05) is 0 Å². The van der Waals surface area contributed by atoms with Gasteiger partial charge in [-0.2, -0.15) is 0 Å². The average Bonchev–Trinajstić information content (AvgIpc) is 2.51. The predicted octanol–water partition coefficient (Wildman–Crippen LogP) is 3.23. The van der Waals surface area contributed by atoms with Crippen molar-refractivity contribution < 1.29 is 4.42 Å². The number of nitrogens with zero attached hydrogens (tertiary/aromatic N) is 1. The minimum absolute atomic E-state index is 0.0935. The fraction of sp³-hybridized carbons (Fsp3) is 0. The molecule has 14 heavy (non-hydrogen) atoms. The molecule has 0 unspecified atom stereocenters. The summed E-state index contributed by atoms with van der Waals surface area (Å²) in [7, 11) is 0. The Balaban J connectivity index is 2.61. The van der Waals surface area contributed by atoms with Crippen molar-refractivity contribution in [1.29, 1.82) is 0 Å². The van der Waals surface area contributed by atoms with Crippen molar-refractivity contribution in [2.75, 3.05) is 5.73 Å². The molecular formula is C9H6Cl2N2O. The van der Waals surface area contributed by atoms with E-state index < -0.39 is 0 Å². The molecule has 1 aromatic heterocycles. The van der Waals surface area contributed by atoms with Gasteiger partial charge in [-0.3, -0.25) is 0 Å². The van der Waals surface area contributed by atoms with E-state index in [1.165, 1.54) is 6.20 Å². The minimum Gasteiger partial charge on any atom is -0.424 e. The zero-order chi connectivity index (χ0) is 10.1. The smallest absolute Gasteiger partial charge is 0.292 e. The van der Waals surface area contributed by atoms with Crippen LogP contribution in [0.4, 0.5) is 6.01 Å². The number of anilines is 1. The molecule has 1 aromatic carbocycles. The highest BCUT2D eigenvalue weighted by atomic mass is 35.5. The van der Waals surface area contributed by atoms with Crippen LogP contribution in [-0.2, 0) is 0 Å². The number of halogens is 2. The third kappa shape index (κ3) is 1.56. The molecule has 2 N–H and O–H groups in total. The standard InChI is InChI=1S/C9H6Cl2N2O/c10-5-2-1-3-6(11)8(5)7-4-13-9(12)14-7/h1-4H,(H2,12,13). The molecule has 0 fully saturated rings. The molecule has 0 radical (unpaired) electrons. The van der Waals surface area contributed by atoms with Gasteiger partial charge in [0, 0.05) is 0 Å². The molecule has 0 spiro atoms. The van der Waals surface area contributed by atoms with Crippen molar-refractivity contribution in [2.24, 2.45) is 0 Å². The van der Waals surface area contributed by atoms with Gasteiger partial charge in [-0.25, -0.2) is 4.98 Å². The van der Waals surface area contributed by atoms with E-state index in [9.17, 15) is 0 Å². The lowest BCUT2D eigenvalue weighted by Gasteiger charge is -2.01. The molecule has 2 rings (SSSR count). The van der Waals surface area contributed by atoms with Gasteiger partial charge in [-0.1, -0.05) is 29.3 Å². The van der Waals surface area contributed by atoms with Gasteiger partial charge in [-0.15, -0.1) is 0 Å². The second-order valence-electron chi connectivity index (χ2n) is 2.66. The number of nitrogen functional groups attached to an aromatic ring is 1. The van der Waals surface area contributed by atoms with Crippen LogP contribution >= 0.6 is 23.2 Å². The largest absolute Gasteiger partial charge is 0.424 e. The Labute approximate surface area is 90.4 Å². The fourth-order valence-corrected chi connectivity index (χ4v) is 1.72. The maximum atomic E-state index is 5.96. The molecule has 0 saturated carbocycles. The number of rotatable bonds is 1. The molecule has 3 nitrogen and oxygen atoms in total. The van der Waals surface area contributed by atoms with E-state index in [0.29, 0.717) is 21.4 Å². The van der Waals surface area contributed by atoms with Gasteiger partial charge >= 0.3 is 0 Å². The minimum atomic E-state index is 0.0935. The van der Waals surface area contributed by atoms with E-state index in [0.717, 1.165) is 0 Å². The molecule has 0 amide bonds. The lowest BCUT2D eigenvalue weighted by Crippen LogP contribution is -1.80. The van der Waals surface area contributed by atoms with Gasteiger partial charge in [0.05, 0.1) is 21.8 Å². The normalized spacial score (nSPS) is 10.4. The number of aromatic nitrogens is 1. The molecule has 0 saturated heterocycles. The van der Waals surface area contributed by atoms with Crippen molar-refractivity contribution in [1.82, 2.24) is 4.98 Å². The van der Waals surface area contributed by atoms with Gasteiger partial charge < -0.3 is 10.2 Å². The van der Waals surface area contributed by atoms with Crippen molar-refractivity contribution >= 4 is 29.2 Å². The second kappa shape index (κ2) is 3.52. The lowest BCUT2D eigenvalue weighted by molar-refractivity contribution is 0.595. The van der Waals surface area contributed by atoms with Crippen LogP contribution in [-0.4, -0.2) is 4.98 Å². The van der Waals surface area contributed by atoms with E-state index in [1.54, 1.807) is 18.2 Å². The van der Waals surface area contributed by atoms with Crippen LogP contribution in [0.1, 0.15) is 0 Å². The maximum Gasteiger partial charge on any atom is 0.292 e. The highest BCUT2D eigenvalue weighted by Crippen LogP contribution is 2.34. The quantitative estimate of drug-likeness (QED) is 0.816. The van der Waals surface area contributed by atoms with Crippen LogP contribution in [0.3, 0.4) is 0 Å². The van der Waals surface area contributed by atoms with Crippen LogP contribution in [0, 0.1) is 0 Å². The summed E-state index contributed by atoms with van der Waals surface area (Å²) in [4.78, 5) is 3.77. The van der Waals surface area contributed by atoms with E-state index in [2.05, 4.69) is 4.98 Å². The Morgan fingerprint density at radius 1 is 1.21 bits per heavy atom. The Morgan fingerprint density at radius 2 is 1.86 bits per heavy atom. The van der Waals surface area contributed by atoms with Gasteiger partial charge in [-0.05, 0) is 12.1 Å². The molecule has 1 heterocycles. The summed E-state index contributed by atoms with van der Waals surface area (Å²) in [5.41, 5.74) is 5.96. The topological polar surface area (TPSA) is 52.0 Å². The first-order valence-corrected chi connectivity index (χ1v) is 4.60. The summed E-state index contributed by atoms with van der Waals surface area (Å²) in [6.07, 6.45) is 1.49. The molecule has 72 valence electrons. The van der Waals surface area contributed by atoms with E-state index in [-0.39, 0.29) is 6.01 Å². The lowest BCUT2D eigenvalue weighted by atomic mass is 10.2. The summed E-state index contributed by atoms with van der Waals surface area (Å²) in [5.74, 6) is 0.470. The van der Waals surface area contributed by atoms with Crippen molar-refractivity contribution in [3.05, 3.63) is 34.4 Å². The van der Waals surface area contributed by atoms with Crippen LogP contribution in [0.2, 0.25) is 10.0 Å². The number of hydrogen-bond acceptors (Lipinski definition) is 3. The Hall–Kier alpha value is -1.19. The Kier molecular flexibility index (Phi) is 2.35. The monoisotopic (exact) mass is 228 g/mol. The molecule has 2 aromatic rings. The highest BCUT2D eigenvalue weighted by Gasteiger charge is 2.12. The number of hydrogen-bond donors (Lipinski definition) is 1. The molecule has 0 aliphatic rings. The average molecular weight is 229 g/mol. The highest BCUT2D eigenvalue weighted by molar-refractivity contribution is 6.39. The third-order valence-corrected chi connectivity index (χ3v) is 2.36. The number of nitrogens with two attached hydrogens (primary N) is 1. The first-order chi connectivity index (χ1) is 6.68. The molecule has 0 bridgehead atoms. The number of benzene rings is 1. The van der Waals surface area contributed by atoms with Crippen molar-refractivity contribution in [3.63, 3.8) is 0 Å². The zero-order valence-electron chi connectivity index (χ0n) is 7.00. The molecule has 0 atom stereocenters. The summed E-state index contributed by atoms with van der Waals surface area (Å²) in [6, 6.07) is 5.30. The van der Waals surface area contributed by atoms with Gasteiger partial charge in [0.15, 0.2) is 5.76 Å². The summed E-state index contributed by atoms with van der Waals surface area (Å²) in [5, 5.41) is 1.02. The van der Waals surface area contributed by atoms with Crippen LogP contribution < -0.4 is 5.73 Å². The molecule has 5 heteroatoms. The first kappa shape index (κ1) is 9.37. The summed E-state index contributed by atoms with van der Waals surface area (Å²) >= 11 is 11.9. The van der Waals surface area contributed by atoms with E-state index in [4.69, 9.17) is 33.4 Å². The van der Waals surface area contributed by atoms with Crippen LogP contribution in [0.25, 0.3) is 11.3 Å². The fourth-order valence-electron chi connectivity index (χ4n) is 1.14. The first-order valence-electron chi connectivity index (χ1n) is 3.84. The van der Waals surface area contributed by atoms with Gasteiger partial charge in [0.25, 0.3) is 6.01 Å². The van der Waals surface area contributed by atoms with Gasteiger partial charge in [0.1, 0.15) is 0 Å². The number of oxazole rings is 1. The van der Waals surface area contributed by atoms with E-state index >= 15 is 0 Å². The van der Waals surface area contributed by atoms with Crippen molar-refractivity contribution in [2.45, 2.75) is 0 Å². The van der Waals surface area contributed by atoms with Crippen molar-refractivity contribution in [3.8, 4) is 11.3 Å². The molecular weight excluding hydrogens is 223 g/mol. The van der Waals surface area contributed by atoms with Crippen LogP contribution in [0.5, 0.6) is 0 Å². The van der Waals surface area contributed by atoms with Gasteiger partial charge in [0.2, 0.25) is 0 Å². The molecule has 0 aliphatic heterocycles. The van der Waals surface area contributed by atoms with Crippen LogP contribution in [0.15, 0.2) is 28.8 Å². The molecule has 0 aliphatic carbocycles. The Bertz CT molecular complexity index is 447. The second-order valence-corrected chi connectivity index (χ2v) is 3.47. The predicted molar refractivity (Wildman–Crippen MR) is 56.4 cm³/mol. The summed E-state index contributed by atoms with van der Waals surface area (Å²) < 4.78 is 5.13. The third-order valence-electron chi connectivity index (χ3n) is 1.73. The Morgan fingerprint density at radius 3 is 2.36 bits per heavy atom. The zero-order valence-corrected chi connectivity index (χ0v) is 8.51. The maximum absolute atomic E-state index is 5.96. The SMILES string of the molecule is Nc1ncc(-c2c(Cl)cccc2Cl)o1. The summed E-state index contributed by atoms with van der Waals surface area (Å²) in [6.45, 7) is 0.